The van der Waals surface area contributed by atoms with Gasteiger partial charge in [-0.05, 0) is 45.3 Å². The summed E-state index contributed by atoms with van der Waals surface area (Å²) in [5.41, 5.74) is 6.74. The molecule has 21 heavy (non-hydrogen) atoms. The van der Waals surface area contributed by atoms with Gasteiger partial charge in [0, 0.05) is 28.2 Å². The Morgan fingerprint density at radius 2 is 2.00 bits per heavy atom. The van der Waals surface area contributed by atoms with Gasteiger partial charge >= 0.3 is 0 Å². The Balaban J connectivity index is 2.17. The number of hydrogen-bond acceptors (Lipinski definition) is 4. The maximum absolute atomic E-state index is 12.5. The third-order valence-corrected chi connectivity index (χ3v) is 5.00. The highest BCUT2D eigenvalue weighted by Crippen LogP contribution is 2.35. The molecule has 2 aromatic rings. The predicted molar refractivity (Wildman–Crippen MR) is 94.1 cm³/mol. The van der Waals surface area contributed by atoms with E-state index in [1.165, 1.54) is 11.3 Å². The third-order valence-electron chi connectivity index (χ3n) is 3.33. The zero-order valence-electron chi connectivity index (χ0n) is 12.5. The highest BCUT2D eigenvalue weighted by atomic mass is 79.9. The molecule has 1 heterocycles. The molecule has 2 rings (SSSR count). The lowest BCUT2D eigenvalue weighted by molar-refractivity contribution is 0.0796. The molecule has 0 radical (unpaired) electrons. The van der Waals surface area contributed by atoms with Crippen molar-refractivity contribution in [2.45, 2.75) is 6.42 Å². The van der Waals surface area contributed by atoms with Crippen LogP contribution >= 0.6 is 27.3 Å². The number of fused-ring (bicyclic) bond motifs is 1. The van der Waals surface area contributed by atoms with Gasteiger partial charge < -0.3 is 15.5 Å². The summed E-state index contributed by atoms with van der Waals surface area (Å²) in [6, 6.07) is 5.92. The number of anilines is 1. The summed E-state index contributed by atoms with van der Waals surface area (Å²) in [6.07, 6.45) is 0.950. The van der Waals surface area contributed by atoms with E-state index in [1.54, 1.807) is 4.90 Å². The van der Waals surface area contributed by atoms with Gasteiger partial charge in [0.15, 0.2) is 0 Å². The van der Waals surface area contributed by atoms with Crippen LogP contribution in [0.5, 0.6) is 0 Å². The normalized spacial score (nSPS) is 11.3. The molecule has 114 valence electrons. The average Bonchev–Trinajstić information content (AvgIpc) is 2.74. The van der Waals surface area contributed by atoms with Gasteiger partial charge in [-0.2, -0.15) is 0 Å². The number of nitrogens with zero attached hydrogens (tertiary/aromatic N) is 2. The average molecular weight is 370 g/mol. The summed E-state index contributed by atoms with van der Waals surface area (Å²) in [4.78, 5) is 17.0. The molecule has 1 aromatic carbocycles. The fourth-order valence-electron chi connectivity index (χ4n) is 2.15. The van der Waals surface area contributed by atoms with Crippen LogP contribution in [0.3, 0.4) is 0 Å². The molecule has 0 fully saturated rings. The Morgan fingerprint density at radius 3 is 2.67 bits per heavy atom. The van der Waals surface area contributed by atoms with E-state index in [0.29, 0.717) is 10.6 Å². The second-order valence-corrected chi connectivity index (χ2v) is 7.34. The van der Waals surface area contributed by atoms with Crippen molar-refractivity contribution in [3.63, 3.8) is 0 Å². The number of carbonyl (C=O) groups excluding carboxylic acids is 1. The summed E-state index contributed by atoms with van der Waals surface area (Å²) in [6.45, 7) is 1.70. The maximum Gasteiger partial charge on any atom is 0.265 e. The van der Waals surface area contributed by atoms with E-state index in [9.17, 15) is 4.79 Å². The molecule has 0 spiro atoms. The minimum Gasteiger partial charge on any atom is -0.397 e. The van der Waals surface area contributed by atoms with E-state index in [-0.39, 0.29) is 5.91 Å². The van der Waals surface area contributed by atoms with E-state index < -0.39 is 0 Å². The van der Waals surface area contributed by atoms with Gasteiger partial charge in [-0.15, -0.1) is 11.3 Å². The van der Waals surface area contributed by atoms with Crippen molar-refractivity contribution in [3.8, 4) is 0 Å². The zero-order valence-corrected chi connectivity index (χ0v) is 14.9. The van der Waals surface area contributed by atoms with Crippen molar-refractivity contribution in [3.05, 3.63) is 27.5 Å². The number of thiophene rings is 1. The smallest absolute Gasteiger partial charge is 0.265 e. The van der Waals surface area contributed by atoms with Crippen molar-refractivity contribution in [2.75, 3.05) is 40.0 Å². The highest BCUT2D eigenvalue weighted by Gasteiger charge is 2.19. The summed E-state index contributed by atoms with van der Waals surface area (Å²) < 4.78 is 2.01. The molecule has 0 atom stereocenters. The number of nitrogens with two attached hydrogens (primary N) is 1. The molecule has 2 N–H and O–H groups in total. The van der Waals surface area contributed by atoms with Gasteiger partial charge in [-0.1, -0.05) is 15.9 Å². The van der Waals surface area contributed by atoms with Crippen LogP contribution in [-0.2, 0) is 0 Å². The zero-order chi connectivity index (χ0) is 15.6. The Labute approximate surface area is 137 Å². The van der Waals surface area contributed by atoms with Crippen LogP contribution in [0.1, 0.15) is 16.1 Å². The SMILES string of the molecule is CN(C)CCCN(C)C(=O)c1sc2ccc(Br)cc2c1N. The van der Waals surface area contributed by atoms with Gasteiger partial charge in [0.25, 0.3) is 5.91 Å². The Morgan fingerprint density at radius 1 is 1.29 bits per heavy atom. The van der Waals surface area contributed by atoms with E-state index >= 15 is 0 Å². The van der Waals surface area contributed by atoms with Crippen molar-refractivity contribution >= 4 is 48.9 Å². The van der Waals surface area contributed by atoms with Crippen LogP contribution in [-0.4, -0.2) is 49.9 Å². The first kappa shape index (κ1) is 16.3. The molecular formula is C15H20BrN3OS. The van der Waals surface area contributed by atoms with Crippen LogP contribution in [0.15, 0.2) is 22.7 Å². The molecule has 0 bridgehead atoms. The first-order valence-electron chi connectivity index (χ1n) is 6.78. The first-order valence-corrected chi connectivity index (χ1v) is 8.39. The second-order valence-electron chi connectivity index (χ2n) is 5.37. The van der Waals surface area contributed by atoms with Crippen LogP contribution in [0.4, 0.5) is 5.69 Å². The molecule has 4 nitrogen and oxygen atoms in total. The van der Waals surface area contributed by atoms with Gasteiger partial charge in [-0.25, -0.2) is 0 Å². The summed E-state index contributed by atoms with van der Waals surface area (Å²) in [5.74, 6) is 0.00331. The number of rotatable bonds is 5. The van der Waals surface area contributed by atoms with Crippen molar-refractivity contribution < 1.29 is 4.79 Å². The summed E-state index contributed by atoms with van der Waals surface area (Å²) in [7, 11) is 5.89. The Bertz CT molecular complexity index is 654. The topological polar surface area (TPSA) is 49.6 Å². The van der Waals surface area contributed by atoms with E-state index in [2.05, 4.69) is 20.8 Å². The lowest BCUT2D eigenvalue weighted by atomic mass is 10.2. The minimum atomic E-state index is 0.00331. The van der Waals surface area contributed by atoms with Crippen molar-refractivity contribution in [1.82, 2.24) is 9.80 Å². The summed E-state index contributed by atoms with van der Waals surface area (Å²) >= 11 is 4.90. The third kappa shape index (κ3) is 3.75. The number of hydrogen-bond donors (Lipinski definition) is 1. The molecule has 6 heteroatoms. The molecule has 1 aromatic heterocycles. The van der Waals surface area contributed by atoms with Gasteiger partial charge in [0.1, 0.15) is 4.88 Å². The lowest BCUT2D eigenvalue weighted by Gasteiger charge is -2.18. The van der Waals surface area contributed by atoms with Gasteiger partial charge in [0.05, 0.1) is 5.69 Å². The molecular weight excluding hydrogens is 350 g/mol. The summed E-state index contributed by atoms with van der Waals surface area (Å²) in [5, 5.41) is 0.944. The number of benzene rings is 1. The second kappa shape index (κ2) is 6.77. The van der Waals surface area contributed by atoms with Crippen LogP contribution in [0.25, 0.3) is 10.1 Å². The molecule has 0 unspecified atom stereocenters. The fraction of sp³-hybridized carbons (Fsp3) is 0.400. The molecule has 0 saturated carbocycles. The molecule has 0 aliphatic carbocycles. The monoisotopic (exact) mass is 369 g/mol. The van der Waals surface area contributed by atoms with Gasteiger partial charge in [0.2, 0.25) is 0 Å². The van der Waals surface area contributed by atoms with Crippen LogP contribution in [0.2, 0.25) is 0 Å². The van der Waals surface area contributed by atoms with E-state index in [4.69, 9.17) is 5.73 Å². The number of carbonyl (C=O) groups is 1. The Hall–Kier alpha value is -1.11. The maximum atomic E-state index is 12.5. The molecule has 0 aliphatic rings. The quantitative estimate of drug-likeness (QED) is 0.879. The standard InChI is InChI=1S/C15H20BrN3OS/c1-18(2)7-4-8-19(3)15(20)14-13(17)11-9-10(16)5-6-12(11)21-14/h5-6,9H,4,7-8,17H2,1-3H3. The van der Waals surface area contributed by atoms with E-state index in [1.807, 2.05) is 39.3 Å². The molecule has 1 amide bonds. The molecule has 0 saturated heterocycles. The van der Waals surface area contributed by atoms with Crippen LogP contribution in [0, 0.1) is 0 Å². The van der Waals surface area contributed by atoms with E-state index in [0.717, 1.165) is 34.1 Å². The minimum absolute atomic E-state index is 0.00331. The number of halogens is 1. The van der Waals surface area contributed by atoms with Crippen LogP contribution < -0.4 is 5.73 Å². The van der Waals surface area contributed by atoms with Gasteiger partial charge in [-0.3, -0.25) is 4.79 Å². The molecule has 0 aliphatic heterocycles. The fourth-order valence-corrected chi connectivity index (χ4v) is 3.61. The number of nitrogen functional groups attached to an aromatic ring is 1. The Kier molecular flexibility index (Phi) is 5.24. The van der Waals surface area contributed by atoms with Crippen molar-refractivity contribution in [2.24, 2.45) is 0 Å². The largest absolute Gasteiger partial charge is 0.397 e. The highest BCUT2D eigenvalue weighted by molar-refractivity contribution is 9.10. The predicted octanol–water partition coefficient (Wildman–Crippen LogP) is 3.27. The van der Waals surface area contributed by atoms with Crippen molar-refractivity contribution in [1.29, 1.82) is 0 Å². The lowest BCUT2D eigenvalue weighted by Crippen LogP contribution is -2.29. The number of amides is 1. The first-order chi connectivity index (χ1) is 9.90.